The molecule has 7 heteroatoms. The lowest BCUT2D eigenvalue weighted by Crippen LogP contribution is -2.22. The van der Waals surface area contributed by atoms with Gasteiger partial charge in [-0.2, -0.15) is 4.98 Å². The number of aromatic nitrogens is 2. The van der Waals surface area contributed by atoms with Crippen molar-refractivity contribution in [3.63, 3.8) is 0 Å². The molecule has 0 radical (unpaired) electrons. The number of nitrogen functional groups attached to an aromatic ring is 1. The first-order valence-electron chi connectivity index (χ1n) is 8.51. The van der Waals surface area contributed by atoms with E-state index in [0.717, 1.165) is 54.4 Å². The highest BCUT2D eigenvalue weighted by Gasteiger charge is 2.36. The van der Waals surface area contributed by atoms with Gasteiger partial charge in [0.25, 0.3) is 0 Å². The summed E-state index contributed by atoms with van der Waals surface area (Å²) in [5.41, 5.74) is 7.41. The molecule has 1 aromatic heterocycles. The number of nitrogens with zero attached hydrogens (tertiary/aromatic N) is 3. The van der Waals surface area contributed by atoms with Crippen LogP contribution in [-0.2, 0) is 12.0 Å². The third-order valence-electron chi connectivity index (χ3n) is 5.25. The van der Waals surface area contributed by atoms with Gasteiger partial charge in [0, 0.05) is 17.8 Å². The van der Waals surface area contributed by atoms with E-state index in [1.165, 1.54) is 0 Å². The summed E-state index contributed by atoms with van der Waals surface area (Å²) < 4.78 is 19.8. The quantitative estimate of drug-likeness (QED) is 0.890. The van der Waals surface area contributed by atoms with Gasteiger partial charge in [-0.3, -0.25) is 0 Å². The van der Waals surface area contributed by atoms with Crippen molar-refractivity contribution < 1.29 is 14.2 Å². The van der Waals surface area contributed by atoms with E-state index in [4.69, 9.17) is 10.5 Å². The molecule has 2 aromatic rings. The molecule has 3 N–H and O–H groups in total. The molecule has 0 atom stereocenters. The predicted octanol–water partition coefficient (Wildman–Crippen LogP) is 2.66. The second-order valence-corrected chi connectivity index (χ2v) is 6.72. The van der Waals surface area contributed by atoms with Crippen LogP contribution < -0.4 is 15.4 Å². The lowest BCUT2D eigenvalue weighted by Gasteiger charge is -2.26. The van der Waals surface area contributed by atoms with Gasteiger partial charge in [0.15, 0.2) is 11.6 Å². The molecule has 1 fully saturated rings. The number of benzene rings is 1. The van der Waals surface area contributed by atoms with Crippen molar-refractivity contribution >= 4 is 17.5 Å². The Bertz CT molecular complexity index is 821. The minimum atomic E-state index is -0.847. The van der Waals surface area contributed by atoms with Crippen LogP contribution in [0, 0.1) is 5.82 Å². The van der Waals surface area contributed by atoms with Crippen molar-refractivity contribution in [2.24, 2.45) is 0 Å². The molecule has 0 spiro atoms. The Balaban J connectivity index is 1.84. The predicted molar refractivity (Wildman–Crippen MR) is 92.5 cm³/mol. The first-order chi connectivity index (χ1) is 12.0. The van der Waals surface area contributed by atoms with Gasteiger partial charge in [-0.05, 0) is 37.0 Å². The highest BCUT2D eigenvalue weighted by Crippen LogP contribution is 2.46. The molecule has 1 aromatic carbocycles. The van der Waals surface area contributed by atoms with Gasteiger partial charge in [-0.25, -0.2) is 9.37 Å². The Labute approximate surface area is 145 Å². The maximum absolute atomic E-state index is 14.3. The number of fused-ring (bicyclic) bond motifs is 1. The van der Waals surface area contributed by atoms with E-state index in [0.29, 0.717) is 13.0 Å². The van der Waals surface area contributed by atoms with Crippen LogP contribution >= 0.6 is 0 Å². The van der Waals surface area contributed by atoms with Crippen molar-refractivity contribution in [3.05, 3.63) is 35.3 Å². The smallest absolute Gasteiger partial charge is 0.222 e. The topological polar surface area (TPSA) is 84.5 Å². The van der Waals surface area contributed by atoms with Crippen molar-refractivity contribution in [2.75, 3.05) is 24.3 Å². The van der Waals surface area contributed by atoms with Crippen molar-refractivity contribution in [3.8, 4) is 5.75 Å². The zero-order valence-electron chi connectivity index (χ0n) is 14.1. The van der Waals surface area contributed by atoms with E-state index in [1.54, 1.807) is 12.0 Å². The summed E-state index contributed by atoms with van der Waals surface area (Å²) in [6, 6.07) is 3.85. The van der Waals surface area contributed by atoms with E-state index < -0.39 is 11.4 Å². The normalized spacial score (nSPS) is 18.4. The highest BCUT2D eigenvalue weighted by atomic mass is 19.1. The first-order valence-corrected chi connectivity index (χ1v) is 8.51. The number of hydrogen-bond donors (Lipinski definition) is 2. The standard InChI is InChI=1S/C18H21FN4O2/c1-25-15-9-11(18(24)5-2-3-6-18)8-14-12(15)4-7-23(14)16-13(19)10-21-17(20)22-16/h8-10,24H,2-7H2,1H3,(H2,20,21,22). The van der Waals surface area contributed by atoms with Gasteiger partial charge in [0.1, 0.15) is 5.75 Å². The average molecular weight is 344 g/mol. The molecule has 0 unspecified atom stereocenters. The fourth-order valence-electron chi connectivity index (χ4n) is 3.95. The van der Waals surface area contributed by atoms with Gasteiger partial charge in [-0.15, -0.1) is 0 Å². The van der Waals surface area contributed by atoms with Crippen LogP contribution in [0.5, 0.6) is 5.75 Å². The number of rotatable bonds is 3. The Morgan fingerprint density at radius 1 is 1.32 bits per heavy atom. The molecule has 4 rings (SSSR count). The third-order valence-corrected chi connectivity index (χ3v) is 5.25. The maximum Gasteiger partial charge on any atom is 0.222 e. The largest absolute Gasteiger partial charge is 0.496 e. The summed E-state index contributed by atoms with van der Waals surface area (Å²) in [7, 11) is 1.62. The molecule has 1 saturated carbocycles. The summed E-state index contributed by atoms with van der Waals surface area (Å²) in [4.78, 5) is 9.55. The van der Waals surface area contributed by atoms with Gasteiger partial charge >= 0.3 is 0 Å². The SMILES string of the molecule is COc1cc(C2(O)CCCC2)cc2c1CCN2c1nc(N)ncc1F. The molecular weight excluding hydrogens is 323 g/mol. The zero-order chi connectivity index (χ0) is 17.6. The summed E-state index contributed by atoms with van der Waals surface area (Å²) in [6.45, 7) is 0.570. The van der Waals surface area contributed by atoms with Gasteiger partial charge in [0.2, 0.25) is 5.95 Å². The van der Waals surface area contributed by atoms with Gasteiger partial charge in [-0.1, -0.05) is 12.8 Å². The Morgan fingerprint density at radius 2 is 2.08 bits per heavy atom. The summed E-state index contributed by atoms with van der Waals surface area (Å²) in [5.74, 6) is 0.384. The van der Waals surface area contributed by atoms with E-state index >= 15 is 0 Å². The number of methoxy groups -OCH3 is 1. The fourth-order valence-corrected chi connectivity index (χ4v) is 3.95. The summed E-state index contributed by atoms with van der Waals surface area (Å²) in [6.07, 6.45) is 5.24. The van der Waals surface area contributed by atoms with Crippen LogP contribution in [0.1, 0.15) is 36.8 Å². The van der Waals surface area contributed by atoms with Crippen LogP contribution in [0.4, 0.5) is 21.8 Å². The van der Waals surface area contributed by atoms with Crippen molar-refractivity contribution in [1.82, 2.24) is 9.97 Å². The zero-order valence-corrected chi connectivity index (χ0v) is 14.1. The van der Waals surface area contributed by atoms with Crippen LogP contribution in [0.25, 0.3) is 0 Å². The highest BCUT2D eigenvalue weighted by molar-refractivity contribution is 5.72. The first kappa shape index (κ1) is 16.1. The van der Waals surface area contributed by atoms with Crippen LogP contribution in [0.2, 0.25) is 0 Å². The second kappa shape index (κ2) is 5.84. The van der Waals surface area contributed by atoms with Crippen LogP contribution in [-0.4, -0.2) is 28.7 Å². The van der Waals surface area contributed by atoms with Crippen LogP contribution in [0.15, 0.2) is 18.3 Å². The van der Waals surface area contributed by atoms with Gasteiger partial charge < -0.3 is 20.5 Å². The lowest BCUT2D eigenvalue weighted by molar-refractivity contribution is 0.0443. The molecule has 0 amide bonds. The molecule has 25 heavy (non-hydrogen) atoms. The van der Waals surface area contributed by atoms with E-state index in [1.807, 2.05) is 12.1 Å². The lowest BCUT2D eigenvalue weighted by atomic mass is 9.90. The van der Waals surface area contributed by atoms with E-state index in [9.17, 15) is 9.50 Å². The van der Waals surface area contributed by atoms with E-state index in [2.05, 4.69) is 9.97 Å². The Morgan fingerprint density at radius 3 is 2.80 bits per heavy atom. The molecule has 0 bridgehead atoms. The van der Waals surface area contributed by atoms with Gasteiger partial charge in [0.05, 0.1) is 18.9 Å². The number of aliphatic hydroxyl groups is 1. The Kier molecular flexibility index (Phi) is 3.76. The number of ether oxygens (including phenoxy) is 1. The number of halogens is 1. The third kappa shape index (κ3) is 2.59. The number of anilines is 3. The Hall–Kier alpha value is -2.41. The van der Waals surface area contributed by atoms with Crippen molar-refractivity contribution in [2.45, 2.75) is 37.7 Å². The minimum absolute atomic E-state index is 0.0300. The van der Waals surface area contributed by atoms with E-state index in [-0.39, 0.29) is 11.8 Å². The molecule has 1 aliphatic carbocycles. The monoisotopic (exact) mass is 344 g/mol. The molecule has 1 aliphatic heterocycles. The summed E-state index contributed by atoms with van der Waals surface area (Å²) >= 11 is 0. The molecule has 2 heterocycles. The fraction of sp³-hybridized carbons (Fsp3) is 0.444. The van der Waals surface area contributed by atoms with Crippen LogP contribution in [0.3, 0.4) is 0 Å². The second-order valence-electron chi connectivity index (χ2n) is 6.72. The number of hydrogen-bond acceptors (Lipinski definition) is 6. The minimum Gasteiger partial charge on any atom is -0.496 e. The molecular formula is C18H21FN4O2. The summed E-state index contributed by atoms with van der Waals surface area (Å²) in [5, 5.41) is 11.0. The maximum atomic E-state index is 14.3. The van der Waals surface area contributed by atoms with Crippen molar-refractivity contribution in [1.29, 1.82) is 0 Å². The molecule has 6 nitrogen and oxygen atoms in total. The number of nitrogens with two attached hydrogens (primary N) is 1. The molecule has 0 saturated heterocycles. The molecule has 2 aliphatic rings. The molecule has 132 valence electrons. The average Bonchev–Trinajstić information content (AvgIpc) is 3.23.